The molecule has 0 aromatic heterocycles. The third-order valence-corrected chi connectivity index (χ3v) is 1.32. The zero-order valence-electron chi connectivity index (χ0n) is 7.09. The molecule has 0 fully saturated rings. The molecule has 3 nitrogen and oxygen atoms in total. The molecule has 0 saturated carbocycles. The minimum atomic E-state index is -0.653. The molecule has 0 aliphatic heterocycles. The summed E-state index contributed by atoms with van der Waals surface area (Å²) in [6.07, 6.45) is 1.52. The number of rotatable bonds is 4. The first-order chi connectivity index (χ1) is 5.61. The Morgan fingerprint density at radius 1 is 1.42 bits per heavy atom. The van der Waals surface area contributed by atoms with Crippen LogP contribution in [0.15, 0.2) is 11.6 Å². The van der Waals surface area contributed by atoms with Gasteiger partial charge in [-0.15, -0.1) is 0 Å². The summed E-state index contributed by atoms with van der Waals surface area (Å²) < 4.78 is 4.68. The van der Waals surface area contributed by atoms with E-state index in [1.807, 2.05) is 0 Å². The van der Waals surface area contributed by atoms with Crippen LogP contribution in [0, 0.1) is 0 Å². The molecule has 0 aliphatic carbocycles. The third kappa shape index (κ3) is 4.13. The van der Waals surface area contributed by atoms with Gasteiger partial charge >= 0.3 is 5.97 Å². The van der Waals surface area contributed by atoms with Crippen LogP contribution in [0.5, 0.6) is 0 Å². The Morgan fingerprint density at radius 3 is 2.33 bits per heavy atom. The number of allylic oxidation sites excluding steroid dienone is 1. The Labute approximate surface area is 76.3 Å². The summed E-state index contributed by atoms with van der Waals surface area (Å²) in [6, 6.07) is 0. The zero-order chi connectivity index (χ0) is 9.56. The summed E-state index contributed by atoms with van der Waals surface area (Å²) in [6.45, 7) is 3.75. The highest BCUT2D eigenvalue weighted by molar-refractivity contribution is 6.66. The molecular formula is C8H11ClO3. The van der Waals surface area contributed by atoms with Crippen LogP contribution in [0.4, 0.5) is 0 Å². The Morgan fingerprint density at radius 2 is 2.00 bits per heavy atom. The quantitative estimate of drug-likeness (QED) is 0.385. The zero-order valence-corrected chi connectivity index (χ0v) is 7.85. The summed E-state index contributed by atoms with van der Waals surface area (Å²) in [4.78, 5) is 21.4. The molecule has 0 aromatic carbocycles. The van der Waals surface area contributed by atoms with Gasteiger partial charge in [0.25, 0.3) is 0 Å². The van der Waals surface area contributed by atoms with E-state index in [2.05, 4.69) is 4.74 Å². The number of halogens is 1. The second-order valence-corrected chi connectivity index (χ2v) is 2.42. The lowest BCUT2D eigenvalue weighted by atomic mass is 10.2. The van der Waals surface area contributed by atoms with Crippen molar-refractivity contribution in [1.82, 2.24) is 0 Å². The molecule has 0 bridgehead atoms. The number of hydrogen-bond donors (Lipinski definition) is 0. The van der Waals surface area contributed by atoms with E-state index in [4.69, 9.17) is 11.6 Å². The van der Waals surface area contributed by atoms with Crippen molar-refractivity contribution in [3.63, 3.8) is 0 Å². The normalized spacial score (nSPS) is 11.1. The van der Waals surface area contributed by atoms with Gasteiger partial charge in [0.2, 0.25) is 5.24 Å². The van der Waals surface area contributed by atoms with E-state index in [1.165, 1.54) is 0 Å². The van der Waals surface area contributed by atoms with Crippen molar-refractivity contribution in [2.24, 2.45) is 0 Å². The lowest BCUT2D eigenvalue weighted by Crippen LogP contribution is -2.07. The molecule has 68 valence electrons. The van der Waals surface area contributed by atoms with Gasteiger partial charge in [-0.25, -0.2) is 4.79 Å². The number of hydrogen-bond acceptors (Lipinski definition) is 3. The molecule has 0 atom stereocenters. The van der Waals surface area contributed by atoms with Crippen LogP contribution in [0.2, 0.25) is 0 Å². The highest BCUT2D eigenvalue weighted by Gasteiger charge is 2.08. The fraction of sp³-hybridized carbons (Fsp3) is 0.500. The van der Waals surface area contributed by atoms with Crippen molar-refractivity contribution in [2.45, 2.75) is 20.3 Å². The summed E-state index contributed by atoms with van der Waals surface area (Å²) in [5, 5.41) is -0.653. The van der Waals surface area contributed by atoms with Gasteiger partial charge in [-0.2, -0.15) is 0 Å². The number of ether oxygens (including phenoxy) is 1. The molecule has 0 aromatic rings. The summed E-state index contributed by atoms with van der Waals surface area (Å²) >= 11 is 5.07. The molecular weight excluding hydrogens is 180 g/mol. The molecule has 0 aliphatic rings. The third-order valence-electron chi connectivity index (χ3n) is 1.21. The van der Waals surface area contributed by atoms with Gasteiger partial charge < -0.3 is 4.74 Å². The predicted octanol–water partition coefficient (Wildman–Crippen LogP) is 1.65. The van der Waals surface area contributed by atoms with Gasteiger partial charge in [-0.3, -0.25) is 4.79 Å². The predicted molar refractivity (Wildman–Crippen MR) is 45.9 cm³/mol. The average molecular weight is 191 g/mol. The van der Waals surface area contributed by atoms with E-state index < -0.39 is 11.2 Å². The largest absolute Gasteiger partial charge is 0.463 e. The van der Waals surface area contributed by atoms with Crippen LogP contribution >= 0.6 is 11.6 Å². The lowest BCUT2D eigenvalue weighted by molar-refractivity contribution is -0.138. The summed E-state index contributed by atoms with van der Waals surface area (Å²) in [5.74, 6) is -0.478. The van der Waals surface area contributed by atoms with Crippen LogP contribution < -0.4 is 0 Å². The summed E-state index contributed by atoms with van der Waals surface area (Å²) in [7, 11) is 0. The van der Waals surface area contributed by atoms with E-state index >= 15 is 0 Å². The van der Waals surface area contributed by atoms with E-state index in [9.17, 15) is 9.59 Å². The van der Waals surface area contributed by atoms with Gasteiger partial charge in [0.05, 0.1) is 6.61 Å². The Hall–Kier alpha value is -0.830. The molecule has 0 spiro atoms. The second-order valence-electron chi connectivity index (χ2n) is 2.05. The molecule has 0 unspecified atom stereocenters. The fourth-order valence-corrected chi connectivity index (χ4v) is 0.798. The second kappa shape index (κ2) is 5.77. The molecule has 0 amide bonds. The Bertz CT molecular complexity index is 208. The highest BCUT2D eigenvalue weighted by Crippen LogP contribution is 2.04. The van der Waals surface area contributed by atoms with E-state index in [0.29, 0.717) is 18.6 Å². The molecule has 0 heterocycles. The molecule has 0 rings (SSSR count). The first-order valence-corrected chi connectivity index (χ1v) is 4.06. The lowest BCUT2D eigenvalue weighted by Gasteiger charge is -2.01. The smallest absolute Gasteiger partial charge is 0.334 e. The maximum Gasteiger partial charge on any atom is 0.334 e. The van der Waals surface area contributed by atoms with E-state index in [-0.39, 0.29) is 0 Å². The first kappa shape index (κ1) is 11.2. The van der Waals surface area contributed by atoms with Crippen LogP contribution in [-0.4, -0.2) is 17.8 Å². The van der Waals surface area contributed by atoms with Crippen LogP contribution in [-0.2, 0) is 14.3 Å². The van der Waals surface area contributed by atoms with E-state index in [0.717, 1.165) is 6.08 Å². The summed E-state index contributed by atoms with van der Waals surface area (Å²) in [5.41, 5.74) is 0.303. The van der Waals surface area contributed by atoms with Gasteiger partial charge in [0, 0.05) is 11.6 Å². The Kier molecular flexibility index (Phi) is 5.37. The van der Waals surface area contributed by atoms with Crippen molar-refractivity contribution in [1.29, 1.82) is 0 Å². The van der Waals surface area contributed by atoms with Crippen molar-refractivity contribution in [2.75, 3.05) is 6.61 Å². The van der Waals surface area contributed by atoms with Crippen molar-refractivity contribution in [3.8, 4) is 0 Å². The van der Waals surface area contributed by atoms with Gasteiger partial charge in [0.15, 0.2) is 0 Å². The van der Waals surface area contributed by atoms with Crippen LogP contribution in [0.3, 0.4) is 0 Å². The first-order valence-electron chi connectivity index (χ1n) is 3.69. The van der Waals surface area contributed by atoms with E-state index in [1.54, 1.807) is 13.8 Å². The minimum Gasteiger partial charge on any atom is -0.463 e. The molecule has 12 heavy (non-hydrogen) atoms. The highest BCUT2D eigenvalue weighted by atomic mass is 35.5. The standard InChI is InChI=1S/C8H11ClO3/c1-3-6(5-7(9)10)8(11)12-4-2/h5H,3-4H2,1-2H3. The topological polar surface area (TPSA) is 43.4 Å². The number of esters is 1. The maximum atomic E-state index is 11.0. The number of carbonyl (C=O) groups excluding carboxylic acids is 2. The van der Waals surface area contributed by atoms with Crippen molar-refractivity contribution >= 4 is 22.8 Å². The molecule has 0 radical (unpaired) electrons. The van der Waals surface area contributed by atoms with Crippen molar-refractivity contribution in [3.05, 3.63) is 11.6 Å². The average Bonchev–Trinajstić information content (AvgIpc) is 2.00. The fourth-order valence-electron chi connectivity index (χ4n) is 0.666. The molecule has 0 N–H and O–H groups in total. The monoisotopic (exact) mass is 190 g/mol. The van der Waals surface area contributed by atoms with Crippen molar-refractivity contribution < 1.29 is 14.3 Å². The van der Waals surface area contributed by atoms with Gasteiger partial charge in [-0.05, 0) is 24.9 Å². The number of carbonyl (C=O) groups is 2. The Balaban J connectivity index is 4.34. The molecule has 4 heteroatoms. The minimum absolute atomic E-state index is 0.298. The molecule has 0 saturated heterocycles. The SMILES string of the molecule is CCOC(=O)C(=CC(=O)Cl)CC. The van der Waals surface area contributed by atoms with Crippen LogP contribution in [0.1, 0.15) is 20.3 Å². The maximum absolute atomic E-state index is 11.0. The van der Waals surface area contributed by atoms with Gasteiger partial charge in [-0.1, -0.05) is 6.92 Å². The van der Waals surface area contributed by atoms with Gasteiger partial charge in [0.1, 0.15) is 0 Å². The van der Waals surface area contributed by atoms with Crippen LogP contribution in [0.25, 0.3) is 0 Å².